The number of hydrogen-bond donors (Lipinski definition) is 1. The summed E-state index contributed by atoms with van der Waals surface area (Å²) in [6, 6.07) is 3.93. The van der Waals surface area contributed by atoms with Gasteiger partial charge in [-0.1, -0.05) is 29.8 Å². The van der Waals surface area contributed by atoms with Gasteiger partial charge in [-0.2, -0.15) is 0 Å². The standard InChI is InChI=1S/C13H17NO2/c1-5-11(14-16)13(15)12-9(3)6-8(2)7-10(12)4/h6-7,16H,5H2,1-4H3/b14-11-. The lowest BCUT2D eigenvalue weighted by molar-refractivity contribution is 0.105. The van der Waals surface area contributed by atoms with E-state index in [1.807, 2.05) is 32.9 Å². The van der Waals surface area contributed by atoms with Crippen molar-refractivity contribution in [1.82, 2.24) is 0 Å². The summed E-state index contributed by atoms with van der Waals surface area (Å²) >= 11 is 0. The first-order valence-electron chi connectivity index (χ1n) is 5.34. The maximum Gasteiger partial charge on any atom is 0.211 e. The van der Waals surface area contributed by atoms with Crippen molar-refractivity contribution in [3.63, 3.8) is 0 Å². The Morgan fingerprint density at radius 2 is 1.75 bits per heavy atom. The molecule has 3 heteroatoms. The van der Waals surface area contributed by atoms with Gasteiger partial charge in [0.15, 0.2) is 0 Å². The van der Waals surface area contributed by atoms with Gasteiger partial charge in [-0.05, 0) is 38.3 Å². The van der Waals surface area contributed by atoms with Crippen LogP contribution in [0.5, 0.6) is 0 Å². The predicted octanol–water partition coefficient (Wildman–Crippen LogP) is 3.03. The fraction of sp³-hybridized carbons (Fsp3) is 0.385. The largest absolute Gasteiger partial charge is 0.411 e. The molecule has 0 aliphatic heterocycles. The maximum absolute atomic E-state index is 12.1. The highest BCUT2D eigenvalue weighted by Gasteiger charge is 2.17. The molecule has 0 atom stereocenters. The zero-order valence-electron chi connectivity index (χ0n) is 10.2. The molecule has 0 unspecified atom stereocenters. The van der Waals surface area contributed by atoms with Gasteiger partial charge in [-0.25, -0.2) is 0 Å². The van der Waals surface area contributed by atoms with Crippen LogP contribution < -0.4 is 0 Å². The van der Waals surface area contributed by atoms with Gasteiger partial charge in [0.1, 0.15) is 5.71 Å². The Hall–Kier alpha value is -1.64. The molecule has 0 aliphatic carbocycles. The van der Waals surface area contributed by atoms with Crippen molar-refractivity contribution in [2.45, 2.75) is 34.1 Å². The minimum atomic E-state index is -0.181. The molecule has 0 saturated carbocycles. The van der Waals surface area contributed by atoms with E-state index in [1.54, 1.807) is 6.92 Å². The van der Waals surface area contributed by atoms with Crippen molar-refractivity contribution in [3.05, 3.63) is 34.4 Å². The third kappa shape index (κ3) is 2.30. The lowest BCUT2D eigenvalue weighted by Crippen LogP contribution is -2.16. The topological polar surface area (TPSA) is 49.7 Å². The highest BCUT2D eigenvalue weighted by atomic mass is 16.4. The van der Waals surface area contributed by atoms with E-state index in [2.05, 4.69) is 5.16 Å². The Bertz CT molecular complexity index is 424. The van der Waals surface area contributed by atoms with Crippen LogP contribution >= 0.6 is 0 Å². The second kappa shape index (κ2) is 4.92. The quantitative estimate of drug-likeness (QED) is 0.367. The normalized spacial score (nSPS) is 11.6. The summed E-state index contributed by atoms with van der Waals surface area (Å²) in [5, 5.41) is 11.8. The van der Waals surface area contributed by atoms with Crippen LogP contribution in [0.3, 0.4) is 0 Å². The van der Waals surface area contributed by atoms with Crippen molar-refractivity contribution < 1.29 is 10.0 Å². The summed E-state index contributed by atoms with van der Waals surface area (Å²) in [6.07, 6.45) is 0.433. The molecule has 1 rings (SSSR count). The number of hydrogen-bond acceptors (Lipinski definition) is 3. The number of nitrogens with zero attached hydrogens (tertiary/aromatic N) is 1. The number of carbonyl (C=O) groups excluding carboxylic acids is 1. The van der Waals surface area contributed by atoms with Crippen molar-refractivity contribution in [2.24, 2.45) is 5.16 Å². The number of aryl methyl sites for hydroxylation is 3. The summed E-state index contributed by atoms with van der Waals surface area (Å²) in [4.78, 5) is 12.1. The predicted molar refractivity (Wildman–Crippen MR) is 64.5 cm³/mol. The molecular formula is C13H17NO2. The fourth-order valence-electron chi connectivity index (χ4n) is 1.96. The minimum absolute atomic E-state index is 0.181. The van der Waals surface area contributed by atoms with Crippen molar-refractivity contribution in [3.8, 4) is 0 Å². The second-order valence-corrected chi connectivity index (χ2v) is 4.00. The van der Waals surface area contributed by atoms with Crippen LogP contribution in [0, 0.1) is 20.8 Å². The van der Waals surface area contributed by atoms with Crippen molar-refractivity contribution in [1.29, 1.82) is 0 Å². The van der Waals surface area contributed by atoms with Crippen LogP contribution in [0.15, 0.2) is 17.3 Å². The first kappa shape index (κ1) is 12.4. The molecule has 0 radical (unpaired) electrons. The first-order chi connectivity index (χ1) is 7.51. The van der Waals surface area contributed by atoms with Gasteiger partial charge in [-0.15, -0.1) is 0 Å². The van der Waals surface area contributed by atoms with E-state index < -0.39 is 0 Å². The highest BCUT2D eigenvalue weighted by Crippen LogP contribution is 2.18. The van der Waals surface area contributed by atoms with E-state index >= 15 is 0 Å². The molecule has 0 spiro atoms. The van der Waals surface area contributed by atoms with Crippen LogP contribution in [0.4, 0.5) is 0 Å². The molecule has 0 saturated heterocycles. The lowest BCUT2D eigenvalue weighted by atomic mass is 9.94. The Kier molecular flexibility index (Phi) is 3.82. The van der Waals surface area contributed by atoms with Crippen LogP contribution in [0.1, 0.15) is 40.4 Å². The molecular weight excluding hydrogens is 202 g/mol. The van der Waals surface area contributed by atoms with Crippen molar-refractivity contribution in [2.75, 3.05) is 0 Å². The molecule has 1 aromatic carbocycles. The third-order valence-corrected chi connectivity index (χ3v) is 2.62. The number of ketones is 1. The fourth-order valence-corrected chi connectivity index (χ4v) is 1.96. The van der Waals surface area contributed by atoms with E-state index in [0.29, 0.717) is 12.0 Å². The smallest absolute Gasteiger partial charge is 0.211 e. The van der Waals surface area contributed by atoms with Crippen molar-refractivity contribution >= 4 is 11.5 Å². The molecule has 1 aromatic rings. The molecule has 0 bridgehead atoms. The molecule has 0 aromatic heterocycles. The zero-order valence-corrected chi connectivity index (χ0v) is 10.2. The zero-order chi connectivity index (χ0) is 12.3. The van der Waals surface area contributed by atoms with Gasteiger partial charge in [0.25, 0.3) is 0 Å². The van der Waals surface area contributed by atoms with Crippen LogP contribution in [-0.4, -0.2) is 16.7 Å². The summed E-state index contributed by atoms with van der Waals surface area (Å²) in [7, 11) is 0. The van der Waals surface area contributed by atoms with E-state index in [1.165, 1.54) is 0 Å². The van der Waals surface area contributed by atoms with E-state index in [9.17, 15) is 4.79 Å². The van der Waals surface area contributed by atoms with E-state index in [-0.39, 0.29) is 11.5 Å². The van der Waals surface area contributed by atoms with Gasteiger partial charge in [0.05, 0.1) is 0 Å². The molecule has 0 amide bonds. The van der Waals surface area contributed by atoms with E-state index in [4.69, 9.17) is 5.21 Å². The Balaban J connectivity index is 3.29. The number of Topliss-reactive ketones (excluding diaryl/α,β-unsaturated/α-hetero) is 1. The van der Waals surface area contributed by atoms with Crippen LogP contribution in [0.2, 0.25) is 0 Å². The van der Waals surface area contributed by atoms with Crippen LogP contribution in [-0.2, 0) is 0 Å². The summed E-state index contributed by atoms with van der Waals surface area (Å²) in [5.74, 6) is -0.181. The molecule has 1 N–H and O–H groups in total. The summed E-state index contributed by atoms with van der Waals surface area (Å²) in [6.45, 7) is 7.59. The first-order valence-corrected chi connectivity index (χ1v) is 5.34. The summed E-state index contributed by atoms with van der Waals surface area (Å²) < 4.78 is 0. The lowest BCUT2D eigenvalue weighted by Gasteiger charge is -2.10. The van der Waals surface area contributed by atoms with E-state index in [0.717, 1.165) is 16.7 Å². The molecule has 0 fully saturated rings. The Morgan fingerprint density at radius 3 is 2.12 bits per heavy atom. The van der Waals surface area contributed by atoms with Gasteiger partial charge in [-0.3, -0.25) is 4.79 Å². The summed E-state index contributed by atoms with van der Waals surface area (Å²) in [5.41, 5.74) is 3.84. The minimum Gasteiger partial charge on any atom is -0.411 e. The number of carbonyl (C=O) groups is 1. The number of oxime groups is 1. The molecule has 0 aliphatic rings. The molecule has 3 nitrogen and oxygen atoms in total. The molecule has 0 heterocycles. The third-order valence-electron chi connectivity index (χ3n) is 2.62. The second-order valence-electron chi connectivity index (χ2n) is 4.00. The highest BCUT2D eigenvalue weighted by molar-refractivity contribution is 6.46. The maximum atomic E-state index is 12.1. The molecule has 86 valence electrons. The molecule has 16 heavy (non-hydrogen) atoms. The monoisotopic (exact) mass is 219 g/mol. The van der Waals surface area contributed by atoms with Gasteiger partial charge >= 0.3 is 0 Å². The number of rotatable bonds is 3. The van der Waals surface area contributed by atoms with Gasteiger partial charge in [0.2, 0.25) is 5.78 Å². The Labute approximate surface area is 95.8 Å². The van der Waals surface area contributed by atoms with Crippen LogP contribution in [0.25, 0.3) is 0 Å². The van der Waals surface area contributed by atoms with Gasteiger partial charge in [0, 0.05) is 5.56 Å². The average molecular weight is 219 g/mol. The SMILES string of the molecule is CC/C(=N/O)C(=O)c1c(C)cc(C)cc1C. The number of benzene rings is 1. The average Bonchev–Trinajstić information content (AvgIpc) is 2.17. The Morgan fingerprint density at radius 1 is 1.25 bits per heavy atom. The van der Waals surface area contributed by atoms with Gasteiger partial charge < -0.3 is 5.21 Å².